The first kappa shape index (κ1) is 74.6. The Morgan fingerprint density at radius 2 is 0.513 bits per heavy atom. The molecule has 0 aromatic rings. The topological polar surface area (TPSA) is 78.9 Å². The third kappa shape index (κ3) is 63.4. The van der Waals surface area contributed by atoms with Gasteiger partial charge < -0.3 is 14.2 Å². The highest BCUT2D eigenvalue weighted by Crippen LogP contribution is 2.17. The maximum atomic E-state index is 12.9. The van der Waals surface area contributed by atoms with Crippen LogP contribution in [0.5, 0.6) is 0 Å². The summed E-state index contributed by atoms with van der Waals surface area (Å²) in [6.45, 7) is 6.51. The molecule has 0 aliphatic carbocycles. The Bertz CT molecular complexity index is 1480. The normalized spacial score (nSPS) is 12.6. The molecule has 0 radical (unpaired) electrons. The molecule has 450 valence electrons. The standard InChI is InChI=1S/C72H126O6/c1-4-7-10-13-16-19-22-25-28-30-32-34-35-36-37-39-40-42-44-47-50-53-56-59-62-65-71(74)77-68-69(67-76-70(73)64-61-58-55-52-49-46-27-24-21-18-15-12-9-6-3)78-72(75)66-63-60-57-54-51-48-45-43-41-38-33-31-29-26-23-20-17-14-11-8-5-2/h7,10,15-16,18-19,24-25,27-28,31-34,69H,4-6,8-9,11-14,17,20-23,26,29-30,35-68H2,1-3H3/b10-7-,18-15-,19-16-,27-24-,28-25-,33-31-,34-32-. The van der Waals surface area contributed by atoms with Gasteiger partial charge in [0.25, 0.3) is 0 Å². The molecule has 0 N–H and O–H groups in total. The Balaban J connectivity index is 4.32. The summed E-state index contributed by atoms with van der Waals surface area (Å²) in [5, 5.41) is 0. The van der Waals surface area contributed by atoms with E-state index in [9.17, 15) is 14.4 Å². The van der Waals surface area contributed by atoms with Crippen LogP contribution in [0.25, 0.3) is 0 Å². The number of ether oxygens (including phenoxy) is 3. The lowest BCUT2D eigenvalue weighted by atomic mass is 10.0. The summed E-state index contributed by atoms with van der Waals surface area (Å²) in [7, 11) is 0. The minimum atomic E-state index is -0.785. The molecule has 0 spiro atoms. The van der Waals surface area contributed by atoms with E-state index in [2.05, 4.69) is 106 Å². The maximum absolute atomic E-state index is 12.9. The zero-order valence-corrected chi connectivity index (χ0v) is 51.7. The van der Waals surface area contributed by atoms with Gasteiger partial charge in [-0.3, -0.25) is 14.4 Å². The van der Waals surface area contributed by atoms with Crippen LogP contribution in [0.4, 0.5) is 0 Å². The Labute approximate surface area is 484 Å². The molecule has 6 nitrogen and oxygen atoms in total. The lowest BCUT2D eigenvalue weighted by Crippen LogP contribution is -2.30. The second kappa shape index (κ2) is 66.1. The van der Waals surface area contributed by atoms with Gasteiger partial charge in [0.1, 0.15) is 13.2 Å². The highest BCUT2D eigenvalue weighted by molar-refractivity contribution is 5.71. The average molecular weight is 1090 g/mol. The van der Waals surface area contributed by atoms with E-state index < -0.39 is 6.10 Å². The van der Waals surface area contributed by atoms with Crippen LogP contribution in [-0.4, -0.2) is 37.2 Å². The van der Waals surface area contributed by atoms with Crippen LogP contribution in [-0.2, 0) is 28.6 Å². The molecule has 78 heavy (non-hydrogen) atoms. The predicted molar refractivity (Wildman–Crippen MR) is 339 cm³/mol. The molecule has 1 atom stereocenters. The highest BCUT2D eigenvalue weighted by Gasteiger charge is 2.19. The summed E-state index contributed by atoms with van der Waals surface area (Å²) >= 11 is 0. The zero-order chi connectivity index (χ0) is 56.4. The van der Waals surface area contributed by atoms with Gasteiger partial charge in [-0.1, -0.05) is 292 Å². The fourth-order valence-corrected chi connectivity index (χ4v) is 9.57. The number of carbonyl (C=O) groups excluding carboxylic acids is 3. The minimum Gasteiger partial charge on any atom is -0.462 e. The van der Waals surface area contributed by atoms with Crippen LogP contribution in [0.1, 0.15) is 335 Å². The van der Waals surface area contributed by atoms with E-state index in [0.717, 1.165) is 103 Å². The van der Waals surface area contributed by atoms with E-state index >= 15 is 0 Å². The minimum absolute atomic E-state index is 0.0810. The quantitative estimate of drug-likeness (QED) is 0.0261. The summed E-state index contributed by atoms with van der Waals surface area (Å²) in [4.78, 5) is 38.4. The molecule has 1 unspecified atom stereocenters. The molecule has 6 heteroatoms. The summed E-state index contributed by atoms with van der Waals surface area (Å²) in [6.07, 6.45) is 87.4. The van der Waals surface area contributed by atoms with Crippen molar-refractivity contribution in [2.24, 2.45) is 0 Å². The number of rotatable bonds is 61. The van der Waals surface area contributed by atoms with Gasteiger partial charge in [-0.15, -0.1) is 0 Å². The molecule has 0 saturated carbocycles. The molecular formula is C72H126O6. The van der Waals surface area contributed by atoms with Crippen LogP contribution < -0.4 is 0 Å². The van der Waals surface area contributed by atoms with Crippen molar-refractivity contribution in [2.75, 3.05) is 13.2 Å². The van der Waals surface area contributed by atoms with Crippen molar-refractivity contribution >= 4 is 17.9 Å². The van der Waals surface area contributed by atoms with Crippen LogP contribution in [0.2, 0.25) is 0 Å². The van der Waals surface area contributed by atoms with Crippen molar-refractivity contribution in [3.63, 3.8) is 0 Å². The third-order valence-electron chi connectivity index (χ3n) is 14.6. The van der Waals surface area contributed by atoms with Gasteiger partial charge in [0, 0.05) is 19.3 Å². The van der Waals surface area contributed by atoms with E-state index in [1.807, 2.05) is 0 Å². The zero-order valence-electron chi connectivity index (χ0n) is 51.7. The molecule has 0 aliphatic rings. The van der Waals surface area contributed by atoms with Gasteiger partial charge in [-0.25, -0.2) is 0 Å². The summed E-state index contributed by atoms with van der Waals surface area (Å²) in [5.41, 5.74) is 0. The Morgan fingerprint density at radius 3 is 0.833 bits per heavy atom. The van der Waals surface area contributed by atoms with Crippen LogP contribution in [0.3, 0.4) is 0 Å². The van der Waals surface area contributed by atoms with E-state index in [-0.39, 0.29) is 31.1 Å². The number of hydrogen-bond acceptors (Lipinski definition) is 6. The number of esters is 3. The second-order valence-corrected chi connectivity index (χ2v) is 22.3. The number of allylic oxidation sites excluding steroid dienone is 14. The third-order valence-corrected chi connectivity index (χ3v) is 14.6. The molecule has 0 aliphatic heterocycles. The molecular weight excluding hydrogens is 961 g/mol. The van der Waals surface area contributed by atoms with Gasteiger partial charge in [-0.2, -0.15) is 0 Å². The van der Waals surface area contributed by atoms with Gasteiger partial charge >= 0.3 is 17.9 Å². The largest absolute Gasteiger partial charge is 0.462 e. The number of hydrogen-bond donors (Lipinski definition) is 0. The molecule has 0 heterocycles. The lowest BCUT2D eigenvalue weighted by molar-refractivity contribution is -0.167. The van der Waals surface area contributed by atoms with E-state index in [1.54, 1.807) is 0 Å². The van der Waals surface area contributed by atoms with Crippen LogP contribution in [0.15, 0.2) is 85.1 Å². The smallest absolute Gasteiger partial charge is 0.306 e. The molecule has 0 saturated heterocycles. The Morgan fingerprint density at radius 1 is 0.269 bits per heavy atom. The van der Waals surface area contributed by atoms with Crippen molar-refractivity contribution in [1.82, 2.24) is 0 Å². The van der Waals surface area contributed by atoms with Crippen molar-refractivity contribution in [3.8, 4) is 0 Å². The summed E-state index contributed by atoms with van der Waals surface area (Å²) < 4.78 is 17.0. The first-order valence-corrected chi connectivity index (χ1v) is 33.6. The monoisotopic (exact) mass is 1090 g/mol. The van der Waals surface area contributed by atoms with Gasteiger partial charge in [0.2, 0.25) is 0 Å². The predicted octanol–water partition coefficient (Wildman–Crippen LogP) is 23.1. The Hall–Kier alpha value is -3.41. The van der Waals surface area contributed by atoms with Gasteiger partial charge in [0.05, 0.1) is 0 Å². The molecule has 0 fully saturated rings. The van der Waals surface area contributed by atoms with E-state index in [4.69, 9.17) is 14.2 Å². The molecule has 0 bridgehead atoms. The molecule has 0 amide bonds. The Kier molecular flexibility index (Phi) is 63.2. The molecule has 0 aromatic heterocycles. The van der Waals surface area contributed by atoms with Gasteiger partial charge in [-0.05, 0) is 109 Å². The molecule has 0 rings (SSSR count). The van der Waals surface area contributed by atoms with Crippen molar-refractivity contribution in [1.29, 1.82) is 0 Å². The summed E-state index contributed by atoms with van der Waals surface area (Å²) in [5.74, 6) is -0.884. The van der Waals surface area contributed by atoms with E-state index in [1.165, 1.54) is 193 Å². The lowest BCUT2D eigenvalue weighted by Gasteiger charge is -2.18. The van der Waals surface area contributed by atoms with Gasteiger partial charge in [0.15, 0.2) is 6.10 Å². The fourth-order valence-electron chi connectivity index (χ4n) is 9.57. The number of unbranched alkanes of at least 4 members (excludes halogenated alkanes) is 36. The second-order valence-electron chi connectivity index (χ2n) is 22.3. The van der Waals surface area contributed by atoms with Crippen molar-refractivity contribution < 1.29 is 28.6 Å². The van der Waals surface area contributed by atoms with Crippen molar-refractivity contribution in [3.05, 3.63) is 85.1 Å². The van der Waals surface area contributed by atoms with E-state index in [0.29, 0.717) is 19.3 Å². The van der Waals surface area contributed by atoms with Crippen LogP contribution >= 0.6 is 0 Å². The maximum Gasteiger partial charge on any atom is 0.306 e. The first-order chi connectivity index (χ1) is 38.5. The van der Waals surface area contributed by atoms with Crippen molar-refractivity contribution in [2.45, 2.75) is 341 Å². The number of carbonyl (C=O) groups is 3. The SMILES string of the molecule is CC/C=C\C/C=C\C/C=C\C/C=C\CCCCCCCCCCCCCCC(=O)OCC(COC(=O)CCCCCCC/C=C\C/C=C\CCCC)OC(=O)CCCCCCCCCCC/C=C\CCCCCCCCCC. The summed E-state index contributed by atoms with van der Waals surface area (Å²) in [6, 6.07) is 0. The fraction of sp³-hybridized carbons (Fsp3) is 0.764. The first-order valence-electron chi connectivity index (χ1n) is 33.6. The molecule has 0 aromatic carbocycles. The highest BCUT2D eigenvalue weighted by atomic mass is 16.6. The average Bonchev–Trinajstić information content (AvgIpc) is 3.44. The van der Waals surface area contributed by atoms with Crippen LogP contribution in [0, 0.1) is 0 Å².